The van der Waals surface area contributed by atoms with E-state index in [1.807, 2.05) is 6.92 Å². The van der Waals surface area contributed by atoms with Gasteiger partial charge in [-0.25, -0.2) is 14.3 Å². The molecule has 34 heavy (non-hydrogen) atoms. The summed E-state index contributed by atoms with van der Waals surface area (Å²) in [6, 6.07) is 6.16. The van der Waals surface area contributed by atoms with Crippen molar-refractivity contribution >= 4 is 33.2 Å². The maximum Gasteiger partial charge on any atom is 0.416 e. The smallest absolute Gasteiger partial charge is 0.283 e. The lowest BCUT2D eigenvalue weighted by Crippen LogP contribution is -2.37. The topological polar surface area (TPSA) is 98.9 Å². The minimum Gasteiger partial charge on any atom is -0.283 e. The van der Waals surface area contributed by atoms with Crippen LogP contribution in [0.25, 0.3) is 15.9 Å². The number of fused-ring (bicyclic) bond motifs is 1. The fourth-order valence-electron chi connectivity index (χ4n) is 3.54. The van der Waals surface area contributed by atoms with E-state index in [-0.39, 0.29) is 22.6 Å². The van der Waals surface area contributed by atoms with Gasteiger partial charge in [0.25, 0.3) is 11.3 Å². The highest BCUT2D eigenvalue weighted by atomic mass is 32.1. The van der Waals surface area contributed by atoms with E-state index in [0.717, 1.165) is 34.4 Å². The van der Waals surface area contributed by atoms with Crippen molar-refractivity contribution in [1.29, 1.82) is 0 Å². The molecule has 0 aliphatic heterocycles. The largest absolute Gasteiger partial charge is 0.416 e. The number of rotatable bonds is 5. The van der Waals surface area contributed by atoms with Gasteiger partial charge in [0.2, 0.25) is 0 Å². The zero-order valence-electron chi connectivity index (χ0n) is 18.2. The van der Waals surface area contributed by atoms with Gasteiger partial charge in [-0.2, -0.15) is 18.3 Å². The summed E-state index contributed by atoms with van der Waals surface area (Å²) in [7, 11) is 0. The summed E-state index contributed by atoms with van der Waals surface area (Å²) in [4.78, 5) is 43.9. The second-order valence-electron chi connectivity index (χ2n) is 7.48. The Morgan fingerprint density at radius 1 is 1.18 bits per heavy atom. The van der Waals surface area contributed by atoms with Gasteiger partial charge in [-0.05, 0) is 44.5 Å². The van der Waals surface area contributed by atoms with Gasteiger partial charge in [0.15, 0.2) is 0 Å². The number of hydrogen-bond acceptors (Lipinski definition) is 6. The highest BCUT2D eigenvalue weighted by molar-refractivity contribution is 7.18. The van der Waals surface area contributed by atoms with Crippen LogP contribution in [0.3, 0.4) is 0 Å². The molecule has 0 bridgehead atoms. The fourth-order valence-corrected chi connectivity index (χ4v) is 4.46. The third kappa shape index (κ3) is 4.12. The van der Waals surface area contributed by atoms with E-state index in [4.69, 9.17) is 0 Å². The first-order valence-electron chi connectivity index (χ1n) is 10.1. The van der Waals surface area contributed by atoms with Crippen molar-refractivity contribution in [2.45, 2.75) is 33.4 Å². The summed E-state index contributed by atoms with van der Waals surface area (Å²) in [5, 5.41) is 4.47. The van der Waals surface area contributed by atoms with E-state index in [0.29, 0.717) is 10.2 Å². The Labute approximate surface area is 194 Å². The third-order valence-electron chi connectivity index (χ3n) is 5.22. The van der Waals surface area contributed by atoms with Crippen molar-refractivity contribution < 1.29 is 22.8 Å². The summed E-state index contributed by atoms with van der Waals surface area (Å²) in [5.74, 6) is -2.09. The molecule has 12 heteroatoms. The normalized spacial score (nSPS) is 11.7. The zero-order valence-corrected chi connectivity index (χ0v) is 19.0. The standard InChI is InChI=1S/C22H18F3N5O3S/c1-4-15-9-16-20(34-15)26-10-29(21(16)33)28-19(32)18(31)17-11(2)27-30(12(17)3)14-7-5-6-13(8-14)22(23,24)25/h5-10H,4H2,1-3H3,(H,28,32). The van der Waals surface area contributed by atoms with Gasteiger partial charge < -0.3 is 0 Å². The molecule has 3 aromatic heterocycles. The molecule has 1 aromatic carbocycles. The van der Waals surface area contributed by atoms with Crippen LogP contribution in [0.15, 0.2) is 41.5 Å². The van der Waals surface area contributed by atoms with E-state index in [1.54, 1.807) is 6.07 Å². The highest BCUT2D eigenvalue weighted by Crippen LogP contribution is 2.31. The Morgan fingerprint density at radius 3 is 2.59 bits per heavy atom. The summed E-state index contributed by atoms with van der Waals surface area (Å²) in [6.45, 7) is 4.88. The molecule has 0 saturated carbocycles. The minimum absolute atomic E-state index is 0.0687. The van der Waals surface area contributed by atoms with E-state index >= 15 is 0 Å². The van der Waals surface area contributed by atoms with Crippen molar-refractivity contribution in [3.63, 3.8) is 0 Å². The molecule has 0 radical (unpaired) electrons. The van der Waals surface area contributed by atoms with Gasteiger partial charge in [0, 0.05) is 4.88 Å². The Kier molecular flexibility index (Phi) is 5.86. The molecule has 1 N–H and O–H groups in total. The fraction of sp³-hybridized carbons (Fsp3) is 0.227. The molecule has 4 rings (SSSR count). The maximum atomic E-state index is 13.1. The van der Waals surface area contributed by atoms with Crippen molar-refractivity contribution in [2.75, 3.05) is 5.43 Å². The van der Waals surface area contributed by atoms with E-state index in [1.165, 1.54) is 42.0 Å². The predicted molar refractivity (Wildman–Crippen MR) is 120 cm³/mol. The average Bonchev–Trinajstić information content (AvgIpc) is 3.35. The molecule has 0 fully saturated rings. The molecule has 0 aliphatic rings. The first-order valence-corrected chi connectivity index (χ1v) is 10.9. The molecule has 0 atom stereocenters. The van der Waals surface area contributed by atoms with Crippen LogP contribution in [0, 0.1) is 13.8 Å². The number of nitrogens with zero attached hydrogens (tertiary/aromatic N) is 4. The number of Topliss-reactive ketones (excluding diaryl/α,β-unsaturated/α-hetero) is 1. The molecule has 0 spiro atoms. The molecule has 0 saturated heterocycles. The number of alkyl halides is 3. The summed E-state index contributed by atoms with van der Waals surface area (Å²) in [6.07, 6.45) is -2.70. The Bertz CT molecular complexity index is 1500. The average molecular weight is 489 g/mol. The van der Waals surface area contributed by atoms with Gasteiger partial charge in [0.1, 0.15) is 11.2 Å². The highest BCUT2D eigenvalue weighted by Gasteiger charge is 2.31. The minimum atomic E-state index is -4.55. The van der Waals surface area contributed by atoms with E-state index in [2.05, 4.69) is 15.5 Å². The number of hydrogen-bond donors (Lipinski definition) is 1. The molecule has 4 aromatic rings. The summed E-state index contributed by atoms with van der Waals surface area (Å²) >= 11 is 1.36. The molecule has 0 aliphatic carbocycles. The van der Waals surface area contributed by atoms with Crippen LogP contribution in [-0.2, 0) is 17.4 Å². The number of aromatic nitrogens is 4. The SMILES string of the molecule is CCc1cc2c(=O)n(NC(=O)C(=O)c3c(C)nn(-c4cccc(C(F)(F)F)c4)c3C)cnc2s1. The number of thiophene rings is 1. The van der Waals surface area contributed by atoms with Gasteiger partial charge in [-0.1, -0.05) is 13.0 Å². The molecule has 0 unspecified atom stereocenters. The van der Waals surface area contributed by atoms with Crippen LogP contribution in [0.4, 0.5) is 13.2 Å². The van der Waals surface area contributed by atoms with Crippen LogP contribution in [0.1, 0.15) is 39.1 Å². The van der Waals surface area contributed by atoms with Crippen LogP contribution in [0.5, 0.6) is 0 Å². The Hall–Kier alpha value is -3.80. The van der Waals surface area contributed by atoms with Gasteiger partial charge in [0.05, 0.1) is 33.6 Å². The van der Waals surface area contributed by atoms with Crippen molar-refractivity contribution in [2.24, 2.45) is 0 Å². The number of aryl methyl sites for hydroxylation is 2. The van der Waals surface area contributed by atoms with Crippen LogP contribution in [-0.4, -0.2) is 31.1 Å². The molecule has 3 heterocycles. The number of halogens is 3. The first-order chi connectivity index (χ1) is 16.0. The number of ketones is 1. The number of nitrogens with one attached hydrogen (secondary N) is 1. The zero-order chi connectivity index (χ0) is 24.8. The molecular weight excluding hydrogens is 471 g/mol. The van der Waals surface area contributed by atoms with Crippen LogP contribution in [0.2, 0.25) is 0 Å². The van der Waals surface area contributed by atoms with Crippen LogP contribution < -0.4 is 11.0 Å². The van der Waals surface area contributed by atoms with Crippen molar-refractivity contribution in [1.82, 2.24) is 19.4 Å². The lowest BCUT2D eigenvalue weighted by molar-refractivity contribution is -0.137. The van der Waals surface area contributed by atoms with Gasteiger partial charge in [-0.3, -0.25) is 19.8 Å². The second kappa shape index (κ2) is 8.52. The first kappa shape index (κ1) is 23.4. The maximum absolute atomic E-state index is 13.1. The van der Waals surface area contributed by atoms with Gasteiger partial charge >= 0.3 is 12.1 Å². The molecule has 8 nitrogen and oxygen atoms in total. The van der Waals surface area contributed by atoms with Crippen molar-refractivity contribution in [3.05, 3.63) is 74.4 Å². The number of amides is 1. The van der Waals surface area contributed by atoms with Crippen molar-refractivity contribution in [3.8, 4) is 5.69 Å². The van der Waals surface area contributed by atoms with Crippen LogP contribution >= 0.6 is 11.3 Å². The van der Waals surface area contributed by atoms with E-state index in [9.17, 15) is 27.6 Å². The Balaban J connectivity index is 1.65. The number of carbonyl (C=O) groups excluding carboxylic acids is 2. The lowest BCUT2D eigenvalue weighted by Gasteiger charge is -2.10. The second-order valence-corrected chi connectivity index (χ2v) is 8.60. The molecule has 176 valence electrons. The number of benzene rings is 1. The van der Waals surface area contributed by atoms with Gasteiger partial charge in [-0.15, -0.1) is 11.3 Å². The molecular formula is C22H18F3N5O3S. The summed E-state index contributed by atoms with van der Waals surface area (Å²) in [5.41, 5.74) is 1.19. The Morgan fingerprint density at radius 2 is 1.91 bits per heavy atom. The lowest BCUT2D eigenvalue weighted by atomic mass is 10.1. The van der Waals surface area contributed by atoms with E-state index < -0.39 is 29.0 Å². The summed E-state index contributed by atoms with van der Waals surface area (Å²) < 4.78 is 41.3. The predicted octanol–water partition coefficient (Wildman–Crippen LogP) is 3.79. The molecule has 1 amide bonds. The third-order valence-corrected chi connectivity index (χ3v) is 6.40. The monoisotopic (exact) mass is 489 g/mol. The quantitative estimate of drug-likeness (QED) is 0.340. The number of carbonyl (C=O) groups is 2.